The van der Waals surface area contributed by atoms with Crippen LogP contribution in [-0.4, -0.2) is 65.7 Å². The predicted octanol–water partition coefficient (Wildman–Crippen LogP) is 0.391. The highest BCUT2D eigenvalue weighted by Gasteiger charge is 2.26. The van der Waals surface area contributed by atoms with Gasteiger partial charge < -0.3 is 27.4 Å². The molecule has 2 amide bonds. The number of pyridine rings is 1. The first-order chi connectivity index (χ1) is 16.7. The van der Waals surface area contributed by atoms with Crippen molar-refractivity contribution in [3.05, 3.63) is 65.0 Å². The number of ketones is 1. The quantitative estimate of drug-likeness (QED) is 0.303. The highest BCUT2D eigenvalue weighted by Crippen LogP contribution is 2.11. The van der Waals surface area contributed by atoms with Gasteiger partial charge in [0.05, 0.1) is 24.9 Å². The summed E-state index contributed by atoms with van der Waals surface area (Å²) in [6.07, 6.45) is 0.917. The molecule has 0 spiro atoms. The average Bonchev–Trinajstić information content (AvgIpc) is 2.81. The number of rotatable bonds is 14. The van der Waals surface area contributed by atoms with E-state index in [9.17, 15) is 14.4 Å². The highest BCUT2D eigenvalue weighted by molar-refractivity contribution is 5.93. The van der Waals surface area contributed by atoms with E-state index >= 15 is 0 Å². The Morgan fingerprint density at radius 3 is 2.29 bits per heavy atom. The molecule has 2 atom stereocenters. The maximum Gasteiger partial charge on any atom is 0.238 e. The number of nitrogens with one attached hydrogen (secondary N) is 1. The maximum atomic E-state index is 13.2. The third-order valence-electron chi connectivity index (χ3n) is 5.66. The van der Waals surface area contributed by atoms with Gasteiger partial charge in [-0.15, -0.1) is 0 Å². The lowest BCUT2D eigenvalue weighted by atomic mass is 9.98. The molecular formula is C26H38N6O3. The fraction of sp³-hybridized carbons (Fsp3) is 0.462. The van der Waals surface area contributed by atoms with Gasteiger partial charge in [-0.05, 0) is 49.9 Å². The van der Waals surface area contributed by atoms with Crippen molar-refractivity contribution in [1.29, 1.82) is 0 Å². The lowest BCUT2D eigenvalue weighted by Gasteiger charge is -2.24. The number of nitrogens with zero attached hydrogens (tertiary/aromatic N) is 2. The molecule has 0 saturated carbocycles. The monoisotopic (exact) mass is 482 g/mol. The molecule has 1 aromatic heterocycles. The number of Topliss-reactive ketones (excluding diaryl/α,β-unsaturated/α-hetero) is 1. The number of nitrogens with two attached hydrogens (primary N) is 3. The van der Waals surface area contributed by atoms with Gasteiger partial charge in [-0.2, -0.15) is 0 Å². The number of aromatic nitrogens is 1. The van der Waals surface area contributed by atoms with E-state index in [1.165, 1.54) is 4.90 Å². The average molecular weight is 483 g/mol. The summed E-state index contributed by atoms with van der Waals surface area (Å²) in [5.41, 5.74) is 20.7. The van der Waals surface area contributed by atoms with Crippen molar-refractivity contribution < 1.29 is 14.4 Å². The van der Waals surface area contributed by atoms with Crippen LogP contribution in [0.2, 0.25) is 0 Å². The summed E-state index contributed by atoms with van der Waals surface area (Å²) >= 11 is 0. The van der Waals surface area contributed by atoms with Crippen LogP contribution in [0, 0.1) is 13.8 Å². The summed E-state index contributed by atoms with van der Waals surface area (Å²) in [6.45, 7) is 5.08. The molecule has 0 aliphatic rings. The smallest absolute Gasteiger partial charge is 0.238 e. The van der Waals surface area contributed by atoms with Gasteiger partial charge in [-0.25, -0.2) is 0 Å². The Morgan fingerprint density at radius 1 is 1.03 bits per heavy atom. The Morgan fingerprint density at radius 2 is 1.69 bits per heavy atom. The molecule has 0 aliphatic heterocycles. The standard InChI is InChI=1S/C26H38N6O3/c1-18-14-19(2)30-21(15-18)16-24(33)23(9-8-20-6-4-3-5-7-20)31-26(35)22(29)17-25(34)32(12-10-27)13-11-28/h3-7,14-15,22-23H,8-13,16-17,27-29H2,1-2H3,(H,31,35)/t22-,23-/m0/s1. The predicted molar refractivity (Wildman–Crippen MR) is 136 cm³/mol. The molecule has 1 aromatic carbocycles. The molecular weight excluding hydrogens is 444 g/mol. The summed E-state index contributed by atoms with van der Waals surface area (Å²) in [5.74, 6) is -0.994. The van der Waals surface area contributed by atoms with Gasteiger partial charge in [0, 0.05) is 37.6 Å². The van der Waals surface area contributed by atoms with Crippen LogP contribution in [0.3, 0.4) is 0 Å². The summed E-state index contributed by atoms with van der Waals surface area (Å²) in [7, 11) is 0. The molecule has 0 bridgehead atoms. The van der Waals surface area contributed by atoms with Gasteiger partial charge >= 0.3 is 0 Å². The Labute approximate surface area is 207 Å². The van der Waals surface area contributed by atoms with Crippen molar-refractivity contribution in [3.8, 4) is 0 Å². The summed E-state index contributed by atoms with van der Waals surface area (Å²) in [4.78, 5) is 44.6. The molecule has 0 fully saturated rings. The van der Waals surface area contributed by atoms with Crippen LogP contribution >= 0.6 is 0 Å². The van der Waals surface area contributed by atoms with Crippen molar-refractivity contribution in [2.45, 2.75) is 51.6 Å². The molecule has 9 heteroatoms. The first kappa shape index (κ1) is 28.1. The maximum absolute atomic E-state index is 13.2. The number of hydrogen-bond donors (Lipinski definition) is 4. The second-order valence-corrected chi connectivity index (χ2v) is 8.77. The van der Waals surface area contributed by atoms with Gasteiger partial charge in [0.1, 0.15) is 0 Å². The largest absolute Gasteiger partial charge is 0.345 e. The fourth-order valence-electron chi connectivity index (χ4n) is 3.95. The van der Waals surface area contributed by atoms with Crippen LogP contribution < -0.4 is 22.5 Å². The second kappa shape index (κ2) is 14.3. The fourth-order valence-corrected chi connectivity index (χ4v) is 3.95. The Kier molecular flexibility index (Phi) is 11.5. The third kappa shape index (κ3) is 9.56. The van der Waals surface area contributed by atoms with Gasteiger partial charge in [-0.1, -0.05) is 30.3 Å². The van der Waals surface area contributed by atoms with Crippen LogP contribution in [-0.2, 0) is 27.2 Å². The Bertz CT molecular complexity index is 956. The van der Waals surface area contributed by atoms with Crippen molar-refractivity contribution in [2.24, 2.45) is 17.2 Å². The van der Waals surface area contributed by atoms with Crippen molar-refractivity contribution in [3.63, 3.8) is 0 Å². The lowest BCUT2D eigenvalue weighted by Crippen LogP contribution is -2.51. The SMILES string of the molecule is Cc1cc(C)nc(CC(=O)[C@H](CCc2ccccc2)NC(=O)[C@@H](N)CC(=O)N(CCN)CCN)c1. The minimum absolute atomic E-state index is 0.0944. The van der Waals surface area contributed by atoms with Crippen LogP contribution in [0.1, 0.15) is 35.4 Å². The van der Waals surface area contributed by atoms with E-state index in [-0.39, 0.29) is 37.6 Å². The van der Waals surface area contributed by atoms with E-state index in [1.54, 1.807) is 0 Å². The van der Waals surface area contributed by atoms with E-state index in [2.05, 4.69) is 10.3 Å². The van der Waals surface area contributed by atoms with E-state index in [0.29, 0.717) is 31.6 Å². The molecule has 7 N–H and O–H groups in total. The van der Waals surface area contributed by atoms with E-state index in [4.69, 9.17) is 17.2 Å². The minimum atomic E-state index is -1.09. The summed E-state index contributed by atoms with van der Waals surface area (Å²) in [6, 6.07) is 11.7. The first-order valence-corrected chi connectivity index (χ1v) is 12.0. The molecule has 9 nitrogen and oxygen atoms in total. The zero-order chi connectivity index (χ0) is 25.8. The Hall–Kier alpha value is -3.14. The van der Waals surface area contributed by atoms with E-state index in [0.717, 1.165) is 16.8 Å². The molecule has 0 radical (unpaired) electrons. The number of aryl methyl sites for hydroxylation is 3. The highest BCUT2D eigenvalue weighted by atomic mass is 16.2. The Balaban J connectivity index is 2.10. The van der Waals surface area contributed by atoms with E-state index < -0.39 is 18.0 Å². The number of amides is 2. The normalized spacial score (nSPS) is 12.6. The van der Waals surface area contributed by atoms with Crippen molar-refractivity contribution >= 4 is 17.6 Å². The number of benzene rings is 1. The van der Waals surface area contributed by atoms with Crippen molar-refractivity contribution in [1.82, 2.24) is 15.2 Å². The lowest BCUT2D eigenvalue weighted by molar-refractivity contribution is -0.134. The first-order valence-electron chi connectivity index (χ1n) is 12.0. The topological polar surface area (TPSA) is 157 Å². The molecule has 35 heavy (non-hydrogen) atoms. The van der Waals surface area contributed by atoms with Gasteiger partial charge in [0.2, 0.25) is 11.8 Å². The van der Waals surface area contributed by atoms with E-state index in [1.807, 2.05) is 56.3 Å². The molecule has 0 saturated heterocycles. The molecule has 0 aliphatic carbocycles. The molecule has 190 valence electrons. The van der Waals surface area contributed by atoms with Gasteiger partial charge in [0.15, 0.2) is 5.78 Å². The number of carbonyl (C=O) groups is 3. The molecule has 2 rings (SSSR count). The zero-order valence-corrected chi connectivity index (χ0v) is 20.7. The van der Waals surface area contributed by atoms with Crippen LogP contribution in [0.25, 0.3) is 0 Å². The second-order valence-electron chi connectivity index (χ2n) is 8.77. The van der Waals surface area contributed by atoms with Gasteiger partial charge in [-0.3, -0.25) is 19.4 Å². The van der Waals surface area contributed by atoms with Gasteiger partial charge in [0.25, 0.3) is 0 Å². The van der Waals surface area contributed by atoms with Crippen molar-refractivity contribution in [2.75, 3.05) is 26.2 Å². The molecule has 2 aromatic rings. The molecule has 1 heterocycles. The molecule has 0 unspecified atom stereocenters. The summed E-state index contributed by atoms with van der Waals surface area (Å²) in [5, 5.41) is 2.78. The number of hydrogen-bond acceptors (Lipinski definition) is 7. The van der Waals surface area contributed by atoms with Crippen LogP contribution in [0.5, 0.6) is 0 Å². The zero-order valence-electron chi connectivity index (χ0n) is 20.7. The van der Waals surface area contributed by atoms with Crippen LogP contribution in [0.4, 0.5) is 0 Å². The number of carbonyl (C=O) groups excluding carboxylic acids is 3. The minimum Gasteiger partial charge on any atom is -0.345 e. The summed E-state index contributed by atoms with van der Waals surface area (Å²) < 4.78 is 0. The van der Waals surface area contributed by atoms with Crippen LogP contribution in [0.15, 0.2) is 42.5 Å². The third-order valence-corrected chi connectivity index (χ3v) is 5.66.